The molecule has 3 aliphatic carbocycles. The molecular formula is C13H20. The molecule has 3 rings (SSSR count). The van der Waals surface area contributed by atoms with Crippen molar-refractivity contribution in [2.24, 2.45) is 23.2 Å². The van der Waals surface area contributed by atoms with Crippen LogP contribution in [-0.4, -0.2) is 0 Å². The van der Waals surface area contributed by atoms with Crippen LogP contribution >= 0.6 is 0 Å². The molecule has 0 amide bonds. The van der Waals surface area contributed by atoms with Gasteiger partial charge in [0.15, 0.2) is 0 Å². The summed E-state index contributed by atoms with van der Waals surface area (Å²) in [5.74, 6) is 2.95. The van der Waals surface area contributed by atoms with E-state index in [1.807, 2.05) is 0 Å². The number of hydrogen-bond acceptors (Lipinski definition) is 0. The molecule has 1 spiro atoms. The van der Waals surface area contributed by atoms with E-state index in [4.69, 9.17) is 0 Å². The van der Waals surface area contributed by atoms with Crippen molar-refractivity contribution in [3.63, 3.8) is 0 Å². The van der Waals surface area contributed by atoms with Gasteiger partial charge in [0.2, 0.25) is 0 Å². The fraction of sp³-hybridized carbons (Fsp3) is 0.846. The molecular weight excluding hydrogens is 156 g/mol. The standard InChI is InChI=1S/C13H20/c1-10-2-6-12(13(10)8-9-13)7-5-11-3-4-11/h5,7,10-12H,2-4,6,8-9H2,1H3/b7-5+. The van der Waals surface area contributed by atoms with Gasteiger partial charge < -0.3 is 0 Å². The minimum Gasteiger partial charge on any atom is -0.0851 e. The van der Waals surface area contributed by atoms with Gasteiger partial charge in [-0.2, -0.15) is 0 Å². The highest BCUT2D eigenvalue weighted by molar-refractivity contribution is 5.13. The summed E-state index contributed by atoms with van der Waals surface area (Å²) in [6.07, 6.45) is 14.0. The molecule has 0 heteroatoms. The minimum atomic E-state index is 0.797. The van der Waals surface area contributed by atoms with Gasteiger partial charge in [-0.05, 0) is 61.7 Å². The van der Waals surface area contributed by atoms with Gasteiger partial charge in [-0.1, -0.05) is 19.1 Å². The van der Waals surface area contributed by atoms with Gasteiger partial charge >= 0.3 is 0 Å². The highest BCUT2D eigenvalue weighted by Crippen LogP contribution is 2.64. The van der Waals surface area contributed by atoms with Gasteiger partial charge in [-0.25, -0.2) is 0 Å². The Bertz CT molecular complexity index is 230. The zero-order chi connectivity index (χ0) is 8.89. The van der Waals surface area contributed by atoms with Crippen molar-refractivity contribution in [1.82, 2.24) is 0 Å². The van der Waals surface area contributed by atoms with Crippen LogP contribution in [0.15, 0.2) is 12.2 Å². The van der Waals surface area contributed by atoms with E-state index in [9.17, 15) is 0 Å². The third kappa shape index (κ3) is 1.26. The van der Waals surface area contributed by atoms with Gasteiger partial charge in [0.1, 0.15) is 0 Å². The molecule has 0 bridgehead atoms. The molecule has 0 radical (unpaired) electrons. The van der Waals surface area contributed by atoms with Crippen LogP contribution in [0, 0.1) is 23.2 Å². The lowest BCUT2D eigenvalue weighted by Gasteiger charge is -2.18. The Morgan fingerprint density at radius 2 is 1.77 bits per heavy atom. The van der Waals surface area contributed by atoms with Crippen molar-refractivity contribution < 1.29 is 0 Å². The molecule has 0 saturated heterocycles. The second kappa shape index (κ2) is 2.62. The second-order valence-electron chi connectivity index (χ2n) is 5.54. The molecule has 0 aromatic carbocycles. The van der Waals surface area contributed by atoms with Crippen LogP contribution in [0.2, 0.25) is 0 Å². The molecule has 2 unspecified atom stereocenters. The van der Waals surface area contributed by atoms with Crippen molar-refractivity contribution in [2.45, 2.75) is 45.4 Å². The van der Waals surface area contributed by atoms with Crippen molar-refractivity contribution >= 4 is 0 Å². The summed E-state index contributed by atoms with van der Waals surface area (Å²) < 4.78 is 0. The predicted molar refractivity (Wildman–Crippen MR) is 55.4 cm³/mol. The van der Waals surface area contributed by atoms with Crippen LogP contribution in [0.3, 0.4) is 0 Å². The van der Waals surface area contributed by atoms with Crippen molar-refractivity contribution in [2.75, 3.05) is 0 Å². The first kappa shape index (κ1) is 8.08. The first-order valence-corrected chi connectivity index (χ1v) is 5.99. The van der Waals surface area contributed by atoms with E-state index in [0.717, 1.165) is 23.2 Å². The van der Waals surface area contributed by atoms with Crippen molar-refractivity contribution in [1.29, 1.82) is 0 Å². The third-order valence-corrected chi connectivity index (χ3v) is 4.70. The highest BCUT2D eigenvalue weighted by Gasteiger charge is 2.55. The van der Waals surface area contributed by atoms with Crippen LogP contribution < -0.4 is 0 Å². The molecule has 72 valence electrons. The minimum absolute atomic E-state index is 0.797. The second-order valence-corrected chi connectivity index (χ2v) is 5.54. The topological polar surface area (TPSA) is 0 Å². The van der Waals surface area contributed by atoms with Gasteiger partial charge in [-0.3, -0.25) is 0 Å². The summed E-state index contributed by atoms with van der Waals surface area (Å²) in [7, 11) is 0. The summed E-state index contributed by atoms with van der Waals surface area (Å²) in [6, 6.07) is 0. The average Bonchev–Trinajstić information content (AvgIpc) is 2.97. The summed E-state index contributed by atoms with van der Waals surface area (Å²) >= 11 is 0. The molecule has 0 aliphatic heterocycles. The zero-order valence-corrected chi connectivity index (χ0v) is 8.63. The molecule has 3 saturated carbocycles. The fourth-order valence-corrected chi connectivity index (χ4v) is 3.25. The highest BCUT2D eigenvalue weighted by atomic mass is 14.6. The van der Waals surface area contributed by atoms with Crippen LogP contribution in [-0.2, 0) is 0 Å². The van der Waals surface area contributed by atoms with Gasteiger partial charge in [-0.15, -0.1) is 0 Å². The van der Waals surface area contributed by atoms with Gasteiger partial charge in [0, 0.05) is 0 Å². The number of allylic oxidation sites excluding steroid dienone is 2. The Morgan fingerprint density at radius 1 is 1.00 bits per heavy atom. The molecule has 3 aliphatic rings. The normalized spacial score (nSPS) is 41.9. The summed E-state index contributed by atoms with van der Waals surface area (Å²) in [4.78, 5) is 0. The Hall–Kier alpha value is -0.260. The maximum atomic E-state index is 2.58. The Kier molecular flexibility index (Phi) is 1.63. The van der Waals surface area contributed by atoms with Crippen molar-refractivity contribution in [3.8, 4) is 0 Å². The Balaban J connectivity index is 1.70. The quantitative estimate of drug-likeness (QED) is 0.562. The van der Waals surface area contributed by atoms with E-state index < -0.39 is 0 Å². The predicted octanol–water partition coefficient (Wildman–Crippen LogP) is 3.78. The van der Waals surface area contributed by atoms with Crippen LogP contribution in [0.4, 0.5) is 0 Å². The van der Waals surface area contributed by atoms with E-state index in [-0.39, 0.29) is 0 Å². The van der Waals surface area contributed by atoms with E-state index in [0.29, 0.717) is 0 Å². The monoisotopic (exact) mass is 176 g/mol. The van der Waals surface area contributed by atoms with Crippen LogP contribution in [0.5, 0.6) is 0 Å². The van der Waals surface area contributed by atoms with Crippen LogP contribution in [0.25, 0.3) is 0 Å². The molecule has 13 heavy (non-hydrogen) atoms. The maximum Gasteiger partial charge on any atom is -0.0174 e. The summed E-state index contributed by atoms with van der Waals surface area (Å²) in [6.45, 7) is 2.47. The lowest BCUT2D eigenvalue weighted by atomic mass is 9.86. The third-order valence-electron chi connectivity index (χ3n) is 4.70. The Labute approximate surface area is 81.4 Å². The summed E-state index contributed by atoms with van der Waals surface area (Å²) in [5, 5.41) is 0. The van der Waals surface area contributed by atoms with Gasteiger partial charge in [0.25, 0.3) is 0 Å². The molecule has 0 N–H and O–H groups in total. The largest absolute Gasteiger partial charge is 0.0851 e. The molecule has 2 atom stereocenters. The SMILES string of the molecule is CC1CCC(/C=C/C2CC2)C12CC2. The van der Waals surface area contributed by atoms with E-state index in [1.54, 1.807) is 0 Å². The molecule has 0 aromatic heterocycles. The van der Waals surface area contributed by atoms with E-state index >= 15 is 0 Å². The fourth-order valence-electron chi connectivity index (χ4n) is 3.25. The average molecular weight is 176 g/mol. The lowest BCUT2D eigenvalue weighted by molar-refractivity contribution is 0.343. The summed E-state index contributed by atoms with van der Waals surface area (Å²) in [5.41, 5.74) is 0.797. The van der Waals surface area contributed by atoms with Crippen molar-refractivity contribution in [3.05, 3.63) is 12.2 Å². The van der Waals surface area contributed by atoms with E-state index in [2.05, 4.69) is 19.1 Å². The Morgan fingerprint density at radius 3 is 2.38 bits per heavy atom. The van der Waals surface area contributed by atoms with Crippen LogP contribution in [0.1, 0.15) is 45.4 Å². The smallest absolute Gasteiger partial charge is 0.0174 e. The molecule has 0 nitrogen and oxygen atoms in total. The van der Waals surface area contributed by atoms with E-state index in [1.165, 1.54) is 38.5 Å². The zero-order valence-electron chi connectivity index (χ0n) is 8.63. The maximum absolute atomic E-state index is 2.58. The number of rotatable bonds is 2. The lowest BCUT2D eigenvalue weighted by Crippen LogP contribution is -2.11. The first-order valence-electron chi connectivity index (χ1n) is 5.99. The van der Waals surface area contributed by atoms with Gasteiger partial charge in [0.05, 0.1) is 0 Å². The first-order chi connectivity index (χ1) is 6.31. The number of hydrogen-bond donors (Lipinski definition) is 0. The molecule has 0 aromatic rings. The molecule has 0 heterocycles. The molecule has 3 fully saturated rings.